The zero-order valence-corrected chi connectivity index (χ0v) is 8.98. The van der Waals surface area contributed by atoms with E-state index >= 15 is 0 Å². The number of halogens is 1. The van der Waals surface area contributed by atoms with Crippen LogP contribution in [-0.2, 0) is 6.42 Å². The third-order valence-corrected chi connectivity index (χ3v) is 2.18. The standard InChI is InChI=1S/C8H9ClN6O/c9-7-6(10)8(13-3-12-7)11-2-1-5-14-4-16-15-5/h3-4H,1-2,10H2,(H,11,12,13). The molecule has 84 valence electrons. The summed E-state index contributed by atoms with van der Waals surface area (Å²) in [5.74, 6) is 1.12. The number of nitrogens with one attached hydrogen (secondary N) is 1. The van der Waals surface area contributed by atoms with Crippen molar-refractivity contribution in [2.75, 3.05) is 17.6 Å². The van der Waals surface area contributed by atoms with Crippen molar-refractivity contribution in [3.8, 4) is 0 Å². The summed E-state index contributed by atoms with van der Waals surface area (Å²) in [7, 11) is 0. The van der Waals surface area contributed by atoms with Crippen molar-refractivity contribution in [1.29, 1.82) is 0 Å². The van der Waals surface area contributed by atoms with E-state index in [4.69, 9.17) is 17.3 Å². The maximum atomic E-state index is 5.74. The minimum absolute atomic E-state index is 0.233. The topological polar surface area (TPSA) is 103 Å². The molecule has 0 amide bonds. The Balaban J connectivity index is 1.92. The number of nitrogens with zero attached hydrogens (tertiary/aromatic N) is 4. The Morgan fingerprint density at radius 3 is 3.00 bits per heavy atom. The predicted octanol–water partition coefficient (Wildman–Crippen LogP) is 0.750. The van der Waals surface area contributed by atoms with E-state index in [2.05, 4.69) is 29.9 Å². The monoisotopic (exact) mass is 240 g/mol. The smallest absolute Gasteiger partial charge is 0.213 e. The van der Waals surface area contributed by atoms with Crippen molar-refractivity contribution in [1.82, 2.24) is 20.1 Å². The lowest BCUT2D eigenvalue weighted by molar-refractivity contribution is 0.410. The highest BCUT2D eigenvalue weighted by Gasteiger charge is 2.05. The first-order valence-electron chi connectivity index (χ1n) is 4.52. The Hall–Kier alpha value is -1.89. The summed E-state index contributed by atoms with van der Waals surface area (Å²) in [5, 5.41) is 6.91. The number of nitrogens with two attached hydrogens (primary N) is 1. The van der Waals surface area contributed by atoms with Crippen molar-refractivity contribution < 1.29 is 4.52 Å². The van der Waals surface area contributed by atoms with Gasteiger partial charge in [0.25, 0.3) is 0 Å². The summed E-state index contributed by atoms with van der Waals surface area (Å²) in [4.78, 5) is 11.6. The normalized spacial score (nSPS) is 10.3. The van der Waals surface area contributed by atoms with Crippen LogP contribution in [0.25, 0.3) is 0 Å². The largest absolute Gasteiger partial charge is 0.393 e. The summed E-state index contributed by atoms with van der Waals surface area (Å²) < 4.78 is 4.60. The number of aromatic nitrogens is 4. The minimum Gasteiger partial charge on any atom is -0.393 e. The van der Waals surface area contributed by atoms with Crippen molar-refractivity contribution in [3.05, 3.63) is 23.7 Å². The molecule has 2 aromatic rings. The molecule has 0 atom stereocenters. The zero-order chi connectivity index (χ0) is 11.4. The van der Waals surface area contributed by atoms with E-state index in [0.717, 1.165) is 0 Å². The fourth-order valence-electron chi connectivity index (χ4n) is 1.11. The molecular weight excluding hydrogens is 232 g/mol. The molecule has 0 aromatic carbocycles. The molecule has 2 heterocycles. The summed E-state index contributed by atoms with van der Waals surface area (Å²) in [5.41, 5.74) is 6.00. The Morgan fingerprint density at radius 2 is 2.25 bits per heavy atom. The lowest BCUT2D eigenvalue weighted by atomic mass is 10.4. The van der Waals surface area contributed by atoms with Crippen molar-refractivity contribution in [2.45, 2.75) is 6.42 Å². The second kappa shape index (κ2) is 4.75. The van der Waals surface area contributed by atoms with Gasteiger partial charge in [-0.15, -0.1) is 0 Å². The van der Waals surface area contributed by atoms with Crippen LogP contribution in [0.5, 0.6) is 0 Å². The van der Waals surface area contributed by atoms with Gasteiger partial charge in [-0.05, 0) is 0 Å². The van der Waals surface area contributed by atoms with Gasteiger partial charge in [-0.3, -0.25) is 0 Å². The van der Waals surface area contributed by atoms with E-state index in [1.165, 1.54) is 12.7 Å². The van der Waals surface area contributed by atoms with Gasteiger partial charge >= 0.3 is 0 Å². The number of nitrogen functional groups attached to an aromatic ring is 1. The molecule has 0 spiro atoms. The Kier molecular flexibility index (Phi) is 3.16. The molecule has 0 fully saturated rings. The molecule has 0 aliphatic carbocycles. The Morgan fingerprint density at radius 1 is 1.38 bits per heavy atom. The van der Waals surface area contributed by atoms with E-state index in [0.29, 0.717) is 30.3 Å². The van der Waals surface area contributed by atoms with Gasteiger partial charge in [0.05, 0.1) is 0 Å². The molecule has 3 N–H and O–H groups in total. The average Bonchev–Trinajstić information content (AvgIpc) is 2.77. The highest BCUT2D eigenvalue weighted by atomic mass is 35.5. The minimum atomic E-state index is 0.233. The third-order valence-electron chi connectivity index (χ3n) is 1.88. The van der Waals surface area contributed by atoms with Gasteiger partial charge in [0.2, 0.25) is 6.39 Å². The third kappa shape index (κ3) is 2.37. The molecule has 7 nitrogen and oxygen atoms in total. The summed E-state index contributed by atoms with van der Waals surface area (Å²) in [6.07, 6.45) is 3.23. The van der Waals surface area contributed by atoms with Crippen molar-refractivity contribution in [2.24, 2.45) is 0 Å². The molecule has 0 radical (unpaired) electrons. The highest BCUT2D eigenvalue weighted by Crippen LogP contribution is 2.21. The second-order valence-electron chi connectivity index (χ2n) is 2.95. The maximum absolute atomic E-state index is 5.74. The van der Waals surface area contributed by atoms with Gasteiger partial charge in [0.15, 0.2) is 16.8 Å². The van der Waals surface area contributed by atoms with Crippen LogP contribution in [0.1, 0.15) is 5.82 Å². The van der Waals surface area contributed by atoms with E-state index in [9.17, 15) is 0 Å². The summed E-state index contributed by atoms with van der Waals surface area (Å²) in [6.45, 7) is 0.580. The van der Waals surface area contributed by atoms with Gasteiger partial charge in [-0.25, -0.2) is 9.97 Å². The quantitative estimate of drug-likeness (QED) is 0.760. The maximum Gasteiger partial charge on any atom is 0.213 e. The van der Waals surface area contributed by atoms with E-state index < -0.39 is 0 Å². The van der Waals surface area contributed by atoms with Gasteiger partial charge < -0.3 is 15.6 Å². The molecule has 2 rings (SSSR count). The van der Waals surface area contributed by atoms with Crippen LogP contribution < -0.4 is 11.1 Å². The second-order valence-corrected chi connectivity index (χ2v) is 3.31. The van der Waals surface area contributed by atoms with Crippen LogP contribution in [0.2, 0.25) is 5.15 Å². The molecule has 0 bridgehead atoms. The van der Waals surface area contributed by atoms with E-state index in [-0.39, 0.29) is 5.15 Å². The first-order chi connectivity index (χ1) is 7.77. The van der Waals surface area contributed by atoms with Crippen LogP contribution in [-0.4, -0.2) is 26.7 Å². The number of rotatable bonds is 4. The first-order valence-corrected chi connectivity index (χ1v) is 4.90. The SMILES string of the molecule is Nc1c(Cl)ncnc1NCCc1ncon1. The molecule has 8 heteroatoms. The highest BCUT2D eigenvalue weighted by molar-refractivity contribution is 6.32. The van der Waals surface area contributed by atoms with Gasteiger partial charge in [0, 0.05) is 13.0 Å². The fourth-order valence-corrected chi connectivity index (χ4v) is 1.24. The first kappa shape index (κ1) is 10.6. The lowest BCUT2D eigenvalue weighted by Gasteiger charge is -2.06. The summed E-state index contributed by atoms with van der Waals surface area (Å²) >= 11 is 5.74. The van der Waals surface area contributed by atoms with Crippen molar-refractivity contribution >= 4 is 23.1 Å². The molecule has 2 aromatic heterocycles. The zero-order valence-electron chi connectivity index (χ0n) is 8.22. The predicted molar refractivity (Wildman–Crippen MR) is 57.9 cm³/mol. The van der Waals surface area contributed by atoms with E-state index in [1.54, 1.807) is 0 Å². The molecule has 16 heavy (non-hydrogen) atoms. The molecule has 0 saturated heterocycles. The average molecular weight is 241 g/mol. The molecule has 0 saturated carbocycles. The van der Waals surface area contributed by atoms with Gasteiger partial charge in [0.1, 0.15) is 12.0 Å². The number of hydrogen-bond donors (Lipinski definition) is 2. The van der Waals surface area contributed by atoms with Gasteiger partial charge in [-0.2, -0.15) is 4.98 Å². The Bertz CT molecular complexity index is 460. The summed E-state index contributed by atoms with van der Waals surface area (Å²) in [6, 6.07) is 0. The van der Waals surface area contributed by atoms with Crippen molar-refractivity contribution in [3.63, 3.8) is 0 Å². The lowest BCUT2D eigenvalue weighted by Crippen LogP contribution is -2.09. The van der Waals surface area contributed by atoms with Crippen LogP contribution in [0.15, 0.2) is 17.2 Å². The fraction of sp³-hybridized carbons (Fsp3) is 0.250. The van der Waals surface area contributed by atoms with Crippen LogP contribution in [0, 0.1) is 0 Å². The molecule has 0 aliphatic heterocycles. The number of anilines is 2. The van der Waals surface area contributed by atoms with Crippen LogP contribution >= 0.6 is 11.6 Å². The number of hydrogen-bond acceptors (Lipinski definition) is 7. The van der Waals surface area contributed by atoms with Gasteiger partial charge in [-0.1, -0.05) is 16.8 Å². The molecule has 0 aliphatic rings. The molecular formula is C8H9ClN6O. The van der Waals surface area contributed by atoms with Crippen LogP contribution in [0.4, 0.5) is 11.5 Å². The van der Waals surface area contributed by atoms with E-state index in [1.807, 2.05) is 0 Å². The Labute approximate surface area is 96.0 Å². The molecule has 0 unspecified atom stereocenters. The van der Waals surface area contributed by atoms with Crippen LogP contribution in [0.3, 0.4) is 0 Å².